The van der Waals surface area contributed by atoms with Gasteiger partial charge in [-0.15, -0.1) is 0 Å². The molecule has 0 aliphatic carbocycles. The van der Waals surface area contributed by atoms with E-state index in [-0.39, 0.29) is 5.56 Å². The number of benzene rings is 1. The van der Waals surface area contributed by atoms with Gasteiger partial charge >= 0.3 is 5.97 Å². The van der Waals surface area contributed by atoms with Crippen LogP contribution in [0.3, 0.4) is 0 Å². The van der Waals surface area contributed by atoms with Gasteiger partial charge in [-0.3, -0.25) is 0 Å². The molecule has 0 aliphatic rings. The third kappa shape index (κ3) is 2.18. The summed E-state index contributed by atoms with van der Waals surface area (Å²) < 4.78 is 6.81. The van der Waals surface area contributed by atoms with Crippen LogP contribution in [0.2, 0.25) is 0 Å². The van der Waals surface area contributed by atoms with Crippen LogP contribution in [-0.2, 0) is 0 Å². The van der Waals surface area contributed by atoms with E-state index in [2.05, 4.69) is 10.1 Å². The summed E-state index contributed by atoms with van der Waals surface area (Å²) in [5.41, 5.74) is 3.99. The maximum absolute atomic E-state index is 11.2. The first kappa shape index (κ1) is 14.1. The van der Waals surface area contributed by atoms with Gasteiger partial charge in [0.25, 0.3) is 0 Å². The first-order chi connectivity index (χ1) is 10.5. The molecule has 0 fully saturated rings. The molecule has 3 aromatic rings. The van der Waals surface area contributed by atoms with Crippen molar-refractivity contribution >= 4 is 11.6 Å². The highest BCUT2D eigenvalue weighted by atomic mass is 16.5. The smallest absolute Gasteiger partial charge is 0.339 e. The van der Waals surface area contributed by atoms with Crippen molar-refractivity contribution in [2.24, 2.45) is 0 Å². The number of aryl methyl sites for hydroxylation is 2. The van der Waals surface area contributed by atoms with Gasteiger partial charge in [0.2, 0.25) is 0 Å². The van der Waals surface area contributed by atoms with Crippen molar-refractivity contribution in [1.29, 1.82) is 0 Å². The lowest BCUT2D eigenvalue weighted by molar-refractivity contribution is 0.0695. The fraction of sp³-hybridized carbons (Fsp3) is 0.188. The summed E-state index contributed by atoms with van der Waals surface area (Å²) >= 11 is 0. The van der Waals surface area contributed by atoms with Crippen molar-refractivity contribution in [2.45, 2.75) is 13.8 Å². The Hall–Kier alpha value is -2.89. The van der Waals surface area contributed by atoms with Crippen LogP contribution >= 0.6 is 0 Å². The summed E-state index contributed by atoms with van der Waals surface area (Å²) in [6.07, 6.45) is 1.36. The van der Waals surface area contributed by atoms with E-state index in [9.17, 15) is 4.79 Å². The van der Waals surface area contributed by atoms with E-state index in [4.69, 9.17) is 9.84 Å². The van der Waals surface area contributed by atoms with Gasteiger partial charge in [0.05, 0.1) is 24.1 Å². The number of carboxylic acids is 1. The molecule has 2 aromatic heterocycles. The Balaban J connectivity index is 2.14. The van der Waals surface area contributed by atoms with Crippen LogP contribution in [0.5, 0.6) is 5.75 Å². The van der Waals surface area contributed by atoms with Crippen molar-refractivity contribution in [1.82, 2.24) is 14.6 Å². The fourth-order valence-corrected chi connectivity index (χ4v) is 2.44. The number of methoxy groups -OCH3 is 1. The highest BCUT2D eigenvalue weighted by Crippen LogP contribution is 2.26. The van der Waals surface area contributed by atoms with Crippen LogP contribution in [0.25, 0.3) is 16.9 Å². The molecular weight excluding hydrogens is 282 g/mol. The first-order valence-corrected chi connectivity index (χ1v) is 6.75. The Morgan fingerprint density at radius 1 is 1.27 bits per heavy atom. The van der Waals surface area contributed by atoms with Gasteiger partial charge in [0.1, 0.15) is 5.75 Å². The molecule has 1 aromatic carbocycles. The van der Waals surface area contributed by atoms with Crippen LogP contribution in [0, 0.1) is 13.8 Å². The molecule has 0 saturated heterocycles. The lowest BCUT2D eigenvalue weighted by Gasteiger charge is -2.05. The molecule has 0 aliphatic heterocycles. The average Bonchev–Trinajstić information content (AvgIpc) is 2.92. The molecule has 0 saturated carbocycles. The van der Waals surface area contributed by atoms with E-state index in [1.807, 2.05) is 31.2 Å². The van der Waals surface area contributed by atoms with E-state index < -0.39 is 5.97 Å². The maximum Gasteiger partial charge on any atom is 0.339 e. The fourth-order valence-electron chi connectivity index (χ4n) is 2.44. The summed E-state index contributed by atoms with van der Waals surface area (Å²) in [4.78, 5) is 15.3. The molecule has 6 nitrogen and oxygen atoms in total. The largest absolute Gasteiger partial charge is 0.496 e. The van der Waals surface area contributed by atoms with E-state index >= 15 is 0 Å². The van der Waals surface area contributed by atoms with E-state index in [1.165, 1.54) is 6.20 Å². The van der Waals surface area contributed by atoms with E-state index in [0.29, 0.717) is 11.3 Å². The maximum atomic E-state index is 11.2. The Labute approximate surface area is 127 Å². The monoisotopic (exact) mass is 297 g/mol. The van der Waals surface area contributed by atoms with Gasteiger partial charge in [0, 0.05) is 17.8 Å². The topological polar surface area (TPSA) is 76.7 Å². The number of hydrogen-bond donors (Lipinski definition) is 1. The molecule has 0 unspecified atom stereocenters. The second-order valence-electron chi connectivity index (χ2n) is 5.05. The molecule has 0 radical (unpaired) electrons. The number of rotatable bonds is 3. The van der Waals surface area contributed by atoms with Crippen LogP contribution < -0.4 is 4.74 Å². The molecule has 22 heavy (non-hydrogen) atoms. The van der Waals surface area contributed by atoms with Crippen LogP contribution in [0.1, 0.15) is 21.6 Å². The molecule has 0 amide bonds. The summed E-state index contributed by atoms with van der Waals surface area (Å²) in [5, 5.41) is 13.6. The summed E-state index contributed by atoms with van der Waals surface area (Å²) in [7, 11) is 1.63. The average molecular weight is 297 g/mol. The van der Waals surface area contributed by atoms with Gasteiger partial charge in [-0.1, -0.05) is 0 Å². The molecule has 0 atom stereocenters. The van der Waals surface area contributed by atoms with E-state index in [1.54, 1.807) is 18.5 Å². The predicted molar refractivity (Wildman–Crippen MR) is 81.4 cm³/mol. The summed E-state index contributed by atoms with van der Waals surface area (Å²) in [6.45, 7) is 3.68. The molecular formula is C16H15N3O3. The Morgan fingerprint density at radius 3 is 2.68 bits per heavy atom. The number of ether oxygens (including phenoxy) is 1. The molecule has 3 rings (SSSR count). The van der Waals surface area contributed by atoms with Gasteiger partial charge in [-0.05, 0) is 37.6 Å². The van der Waals surface area contributed by atoms with Crippen molar-refractivity contribution < 1.29 is 14.6 Å². The van der Waals surface area contributed by atoms with Crippen molar-refractivity contribution in [3.63, 3.8) is 0 Å². The van der Waals surface area contributed by atoms with Crippen molar-refractivity contribution in [2.75, 3.05) is 7.11 Å². The third-order valence-electron chi connectivity index (χ3n) is 3.64. The zero-order valence-electron chi connectivity index (χ0n) is 12.5. The highest BCUT2D eigenvalue weighted by Gasteiger charge is 2.14. The zero-order valence-corrected chi connectivity index (χ0v) is 12.5. The second kappa shape index (κ2) is 5.14. The van der Waals surface area contributed by atoms with Crippen LogP contribution in [0.15, 0.2) is 30.5 Å². The quantitative estimate of drug-likeness (QED) is 0.804. The van der Waals surface area contributed by atoms with Crippen LogP contribution in [0.4, 0.5) is 0 Å². The number of carboxylic acid groups (broad SMARTS) is 1. The minimum Gasteiger partial charge on any atom is -0.496 e. The van der Waals surface area contributed by atoms with Gasteiger partial charge in [-0.25, -0.2) is 14.3 Å². The number of aromatic carboxylic acids is 1. The Kier molecular flexibility index (Phi) is 3.29. The predicted octanol–water partition coefficient (Wildman–Crippen LogP) is 2.72. The molecule has 0 bridgehead atoms. The number of hydrogen-bond acceptors (Lipinski definition) is 4. The normalized spacial score (nSPS) is 10.9. The van der Waals surface area contributed by atoms with Crippen molar-refractivity contribution in [3.8, 4) is 17.0 Å². The van der Waals surface area contributed by atoms with Gasteiger partial charge < -0.3 is 9.84 Å². The van der Waals surface area contributed by atoms with Crippen molar-refractivity contribution in [3.05, 3.63) is 47.3 Å². The number of aromatic nitrogens is 3. The number of carbonyl (C=O) groups is 1. The lowest BCUT2D eigenvalue weighted by Crippen LogP contribution is -2.06. The molecule has 2 heterocycles. The third-order valence-corrected chi connectivity index (χ3v) is 3.64. The second-order valence-corrected chi connectivity index (χ2v) is 5.05. The zero-order chi connectivity index (χ0) is 15.9. The lowest BCUT2D eigenvalue weighted by atomic mass is 10.1. The minimum absolute atomic E-state index is 0.146. The molecule has 112 valence electrons. The molecule has 0 spiro atoms. The van der Waals surface area contributed by atoms with Gasteiger partial charge in [-0.2, -0.15) is 5.10 Å². The minimum atomic E-state index is -1.01. The molecule has 1 N–H and O–H groups in total. The van der Waals surface area contributed by atoms with Crippen LogP contribution in [-0.4, -0.2) is 32.8 Å². The number of fused-ring (bicyclic) bond motifs is 1. The standard InChI is InChI=1S/C16H15N3O3/c1-9-6-11(4-5-14(9)22-3)13-7-15-17-8-12(16(20)21)10(2)19(15)18-13/h4-8H,1-3H3,(H,20,21). The van der Waals surface area contributed by atoms with E-state index in [0.717, 1.165) is 22.6 Å². The first-order valence-electron chi connectivity index (χ1n) is 6.75. The highest BCUT2D eigenvalue weighted by molar-refractivity contribution is 5.88. The molecule has 6 heteroatoms. The Morgan fingerprint density at radius 2 is 2.05 bits per heavy atom. The summed E-state index contributed by atoms with van der Waals surface area (Å²) in [6, 6.07) is 7.62. The number of nitrogens with zero attached hydrogens (tertiary/aromatic N) is 3. The van der Waals surface area contributed by atoms with Gasteiger partial charge in [0.15, 0.2) is 5.65 Å². The SMILES string of the molecule is COc1ccc(-c2cc3ncc(C(=O)O)c(C)n3n2)cc1C. The summed E-state index contributed by atoms with van der Waals surface area (Å²) in [5.74, 6) is -0.195. The Bertz CT molecular complexity index is 884.